The van der Waals surface area contributed by atoms with E-state index in [9.17, 15) is 23.1 Å². The van der Waals surface area contributed by atoms with Crippen molar-refractivity contribution in [1.82, 2.24) is 4.90 Å². The molecule has 0 aliphatic heterocycles. The Kier molecular flexibility index (Phi) is 9.32. The number of carboxylic acid groups (broad SMARTS) is 1. The number of aromatic carboxylic acids is 1. The van der Waals surface area contributed by atoms with Gasteiger partial charge in [-0.05, 0) is 86.8 Å². The van der Waals surface area contributed by atoms with Crippen LogP contribution in [0.25, 0.3) is 0 Å². The summed E-state index contributed by atoms with van der Waals surface area (Å²) in [6, 6.07) is 28.2. The number of rotatable bonds is 10. The summed E-state index contributed by atoms with van der Waals surface area (Å²) < 4.78 is 37.8. The van der Waals surface area contributed by atoms with Crippen molar-refractivity contribution in [2.75, 3.05) is 6.54 Å². The molecule has 0 unspecified atom stereocenters. The molecule has 4 rings (SSSR count). The predicted octanol–water partition coefficient (Wildman–Crippen LogP) is 6.99. The van der Waals surface area contributed by atoms with Gasteiger partial charge in [-0.2, -0.15) is 0 Å². The van der Waals surface area contributed by atoms with Crippen molar-refractivity contribution in [3.05, 3.63) is 120 Å². The van der Waals surface area contributed by atoms with E-state index < -0.39 is 27.5 Å². The van der Waals surface area contributed by atoms with Gasteiger partial charge in [-0.3, -0.25) is 0 Å². The molecule has 0 spiro atoms. The lowest BCUT2D eigenvalue weighted by Crippen LogP contribution is -2.37. The van der Waals surface area contributed by atoms with Gasteiger partial charge in [0.2, 0.25) is 9.84 Å². The first-order valence-electron chi connectivity index (χ1n) is 13.4. The molecule has 9 heteroatoms. The first kappa shape index (κ1) is 30.3. The van der Waals surface area contributed by atoms with Crippen molar-refractivity contribution in [2.45, 2.75) is 49.1 Å². The van der Waals surface area contributed by atoms with Gasteiger partial charge in [0, 0.05) is 13.1 Å². The van der Waals surface area contributed by atoms with Crippen LogP contribution in [0, 0.1) is 0 Å². The lowest BCUT2D eigenvalue weighted by Gasteiger charge is -2.27. The average Bonchev–Trinajstić information content (AvgIpc) is 2.95. The van der Waals surface area contributed by atoms with E-state index in [-0.39, 0.29) is 21.1 Å². The highest BCUT2D eigenvalue weighted by molar-refractivity contribution is 7.91. The first-order valence-corrected chi connectivity index (χ1v) is 14.9. The molecule has 0 aliphatic carbocycles. The standard InChI is InChI=1S/C33H33NO7S/c1-33(2,3)41-32(37)34(23-25-9-5-4-6-10-25)22-21-24-13-17-27(18-14-24)42(38,39)28-19-15-26(16-20-28)40-30-12-8-7-11-29(30)31(35)36/h4-20H,21-23H2,1-3H3,(H,35,36). The Bertz CT molecular complexity index is 1630. The number of benzene rings is 4. The second kappa shape index (κ2) is 12.9. The smallest absolute Gasteiger partial charge is 0.410 e. The quantitative estimate of drug-likeness (QED) is 0.213. The SMILES string of the molecule is CC(C)(C)OC(=O)N(CCc1ccc(S(=O)(=O)c2ccc(Oc3ccccc3C(=O)O)cc2)cc1)Cc1ccccc1. The lowest BCUT2D eigenvalue weighted by atomic mass is 10.1. The van der Waals surface area contributed by atoms with Gasteiger partial charge in [-0.25, -0.2) is 18.0 Å². The van der Waals surface area contributed by atoms with Crippen molar-refractivity contribution >= 4 is 21.9 Å². The van der Waals surface area contributed by atoms with Crippen molar-refractivity contribution in [3.8, 4) is 11.5 Å². The van der Waals surface area contributed by atoms with Crippen molar-refractivity contribution < 1.29 is 32.6 Å². The molecule has 0 fully saturated rings. The maximum absolute atomic E-state index is 13.3. The van der Waals surface area contributed by atoms with Crippen LogP contribution in [0.5, 0.6) is 11.5 Å². The Morgan fingerprint density at radius 1 is 0.762 bits per heavy atom. The van der Waals surface area contributed by atoms with Crippen molar-refractivity contribution in [3.63, 3.8) is 0 Å². The molecular weight excluding hydrogens is 554 g/mol. The van der Waals surface area contributed by atoms with Gasteiger partial charge in [-0.1, -0.05) is 54.6 Å². The van der Waals surface area contributed by atoms with E-state index >= 15 is 0 Å². The van der Waals surface area contributed by atoms with Gasteiger partial charge < -0.3 is 19.5 Å². The fraction of sp³-hybridized carbons (Fsp3) is 0.212. The third kappa shape index (κ3) is 7.98. The molecule has 0 saturated heterocycles. The maximum Gasteiger partial charge on any atom is 0.410 e. The number of carbonyl (C=O) groups excluding carboxylic acids is 1. The highest BCUT2D eigenvalue weighted by atomic mass is 32.2. The van der Waals surface area contributed by atoms with E-state index in [1.54, 1.807) is 41.3 Å². The van der Waals surface area contributed by atoms with Crippen LogP contribution < -0.4 is 4.74 Å². The van der Waals surface area contributed by atoms with Crippen LogP contribution in [0.1, 0.15) is 42.3 Å². The van der Waals surface area contributed by atoms with Gasteiger partial charge >= 0.3 is 12.1 Å². The van der Waals surface area contributed by atoms with Gasteiger partial charge in [0.15, 0.2) is 0 Å². The summed E-state index contributed by atoms with van der Waals surface area (Å²) in [6.07, 6.45) is 0.0976. The number of carbonyl (C=O) groups is 2. The Hall–Kier alpha value is -4.63. The highest BCUT2D eigenvalue weighted by Gasteiger charge is 2.23. The summed E-state index contributed by atoms with van der Waals surface area (Å²) in [4.78, 5) is 26.2. The lowest BCUT2D eigenvalue weighted by molar-refractivity contribution is 0.0235. The van der Waals surface area contributed by atoms with Crippen LogP contribution in [0.2, 0.25) is 0 Å². The van der Waals surface area contributed by atoms with E-state index in [0.29, 0.717) is 25.3 Å². The molecule has 4 aromatic rings. The minimum Gasteiger partial charge on any atom is -0.478 e. The average molecular weight is 588 g/mol. The fourth-order valence-electron chi connectivity index (χ4n) is 4.15. The topological polar surface area (TPSA) is 110 Å². The Morgan fingerprint density at radius 3 is 1.93 bits per heavy atom. The zero-order valence-electron chi connectivity index (χ0n) is 23.7. The normalized spacial score (nSPS) is 11.5. The number of hydrogen-bond donors (Lipinski definition) is 1. The molecule has 8 nitrogen and oxygen atoms in total. The van der Waals surface area contributed by atoms with E-state index in [0.717, 1.165) is 11.1 Å². The van der Waals surface area contributed by atoms with Crippen LogP contribution in [0.3, 0.4) is 0 Å². The molecule has 0 aliphatic rings. The second-order valence-electron chi connectivity index (χ2n) is 10.7. The number of amides is 1. The van der Waals surface area contributed by atoms with Gasteiger partial charge in [-0.15, -0.1) is 0 Å². The van der Waals surface area contributed by atoms with Crippen LogP contribution in [-0.4, -0.2) is 42.6 Å². The van der Waals surface area contributed by atoms with E-state index in [4.69, 9.17) is 9.47 Å². The Balaban J connectivity index is 1.44. The van der Waals surface area contributed by atoms with Gasteiger partial charge in [0.1, 0.15) is 22.7 Å². The molecular formula is C33H33NO7S. The largest absolute Gasteiger partial charge is 0.478 e. The van der Waals surface area contributed by atoms with Gasteiger partial charge in [0.25, 0.3) is 0 Å². The number of nitrogens with zero attached hydrogens (tertiary/aromatic N) is 1. The molecule has 218 valence electrons. The molecule has 0 heterocycles. The summed E-state index contributed by atoms with van der Waals surface area (Å²) in [5.41, 5.74) is 1.22. The number of para-hydroxylation sites is 1. The third-order valence-corrected chi connectivity index (χ3v) is 8.04. The molecule has 1 amide bonds. The summed E-state index contributed by atoms with van der Waals surface area (Å²) in [6.45, 7) is 6.25. The molecule has 0 bridgehead atoms. The number of carboxylic acids is 1. The minimum atomic E-state index is -3.81. The zero-order chi connectivity index (χ0) is 30.3. The van der Waals surface area contributed by atoms with Gasteiger partial charge in [0.05, 0.1) is 9.79 Å². The molecule has 0 radical (unpaired) electrons. The number of ether oxygens (including phenoxy) is 2. The zero-order valence-corrected chi connectivity index (χ0v) is 24.5. The predicted molar refractivity (Wildman–Crippen MR) is 159 cm³/mol. The number of sulfone groups is 1. The molecule has 0 atom stereocenters. The summed E-state index contributed by atoms with van der Waals surface area (Å²) in [5, 5.41) is 9.34. The van der Waals surface area contributed by atoms with E-state index in [2.05, 4.69) is 0 Å². The van der Waals surface area contributed by atoms with Crippen LogP contribution in [0.15, 0.2) is 113 Å². The van der Waals surface area contributed by atoms with Crippen LogP contribution in [0.4, 0.5) is 4.79 Å². The van der Waals surface area contributed by atoms with Crippen LogP contribution in [-0.2, 0) is 27.5 Å². The summed E-state index contributed by atoms with van der Waals surface area (Å²) in [7, 11) is -3.81. The minimum absolute atomic E-state index is 0.00330. The molecule has 42 heavy (non-hydrogen) atoms. The summed E-state index contributed by atoms with van der Waals surface area (Å²) >= 11 is 0. The van der Waals surface area contributed by atoms with Crippen LogP contribution >= 0.6 is 0 Å². The molecule has 4 aromatic carbocycles. The fourth-order valence-corrected chi connectivity index (χ4v) is 5.41. The molecule has 0 aromatic heterocycles. The molecule has 0 saturated carbocycles. The highest BCUT2D eigenvalue weighted by Crippen LogP contribution is 2.28. The van der Waals surface area contributed by atoms with E-state index in [1.807, 2.05) is 51.1 Å². The Labute approximate surface area is 246 Å². The maximum atomic E-state index is 13.3. The first-order chi connectivity index (χ1) is 19.9. The van der Waals surface area contributed by atoms with Crippen molar-refractivity contribution in [1.29, 1.82) is 0 Å². The van der Waals surface area contributed by atoms with E-state index in [1.165, 1.54) is 36.4 Å². The monoisotopic (exact) mass is 587 g/mol. The summed E-state index contributed by atoms with van der Waals surface area (Å²) in [5.74, 6) is -0.657. The number of hydrogen-bond acceptors (Lipinski definition) is 6. The second-order valence-corrected chi connectivity index (χ2v) is 12.6. The third-order valence-electron chi connectivity index (χ3n) is 6.25. The molecule has 1 N–H and O–H groups in total. The Morgan fingerprint density at radius 2 is 1.33 bits per heavy atom. The van der Waals surface area contributed by atoms with Crippen molar-refractivity contribution in [2.24, 2.45) is 0 Å².